The lowest BCUT2D eigenvalue weighted by molar-refractivity contribution is -0.115. The highest BCUT2D eigenvalue weighted by Crippen LogP contribution is 2.30. The normalized spacial score (nSPS) is 18.1. The number of ketones is 1. The van der Waals surface area contributed by atoms with Gasteiger partial charge in [0.1, 0.15) is 5.76 Å². The number of carbonyl (C=O) groups is 2. The second kappa shape index (κ2) is 6.85. The van der Waals surface area contributed by atoms with Crippen LogP contribution in [0.3, 0.4) is 0 Å². The van der Waals surface area contributed by atoms with Crippen molar-refractivity contribution in [3.63, 3.8) is 0 Å². The summed E-state index contributed by atoms with van der Waals surface area (Å²) in [5, 5.41) is 0. The molecule has 3 nitrogen and oxygen atoms in total. The highest BCUT2D eigenvalue weighted by molar-refractivity contribution is 9.10. The van der Waals surface area contributed by atoms with Crippen LogP contribution in [0.4, 0.5) is 0 Å². The van der Waals surface area contributed by atoms with E-state index in [1.165, 1.54) is 6.08 Å². The maximum absolute atomic E-state index is 12.2. The van der Waals surface area contributed by atoms with Gasteiger partial charge < -0.3 is 4.74 Å². The Morgan fingerprint density at radius 3 is 2.81 bits per heavy atom. The van der Waals surface area contributed by atoms with Crippen LogP contribution in [0.25, 0.3) is 0 Å². The topological polar surface area (TPSA) is 43.4 Å². The standard InChI is InChI=1S/C17H17BrO3/c1-11(2)9-12-7-8-13(19)10-16(12)21-17(20)14-5-3-4-6-15(14)18/h3-6,10,12H,1,7-9H2,2H3. The van der Waals surface area contributed by atoms with Crippen molar-refractivity contribution in [1.29, 1.82) is 0 Å². The Hall–Kier alpha value is -1.68. The molecule has 0 aliphatic heterocycles. The van der Waals surface area contributed by atoms with Gasteiger partial charge in [-0.1, -0.05) is 17.7 Å². The molecule has 0 amide bonds. The third kappa shape index (κ3) is 4.14. The van der Waals surface area contributed by atoms with Gasteiger partial charge in [-0.25, -0.2) is 4.79 Å². The molecule has 1 unspecified atom stereocenters. The Balaban J connectivity index is 2.19. The third-order valence-corrected chi connectivity index (χ3v) is 4.04. The SMILES string of the molecule is C=C(C)CC1CCC(=O)C=C1OC(=O)c1ccccc1Br. The van der Waals surface area contributed by atoms with Crippen molar-refractivity contribution < 1.29 is 14.3 Å². The lowest BCUT2D eigenvalue weighted by Gasteiger charge is -2.23. The first-order valence-electron chi connectivity index (χ1n) is 6.83. The molecule has 0 fully saturated rings. The summed E-state index contributed by atoms with van der Waals surface area (Å²) in [6.07, 6.45) is 3.36. The molecule has 1 aromatic rings. The first-order chi connectivity index (χ1) is 9.97. The molecule has 1 aliphatic carbocycles. The molecular weight excluding hydrogens is 332 g/mol. The average molecular weight is 349 g/mol. The highest BCUT2D eigenvalue weighted by atomic mass is 79.9. The van der Waals surface area contributed by atoms with Crippen molar-refractivity contribution in [2.24, 2.45) is 5.92 Å². The predicted molar refractivity (Wildman–Crippen MR) is 84.8 cm³/mol. The molecule has 0 spiro atoms. The fourth-order valence-electron chi connectivity index (χ4n) is 2.33. The number of rotatable bonds is 4. The zero-order valence-electron chi connectivity index (χ0n) is 11.9. The fraction of sp³-hybridized carbons (Fsp3) is 0.294. The van der Waals surface area contributed by atoms with Gasteiger partial charge in [0.25, 0.3) is 0 Å². The lowest BCUT2D eigenvalue weighted by atomic mass is 9.88. The predicted octanol–water partition coefficient (Wildman–Crippen LogP) is 4.44. The Kier molecular flexibility index (Phi) is 5.12. The second-order valence-electron chi connectivity index (χ2n) is 5.28. The van der Waals surface area contributed by atoms with E-state index >= 15 is 0 Å². The molecule has 0 N–H and O–H groups in total. The quantitative estimate of drug-likeness (QED) is 0.596. The summed E-state index contributed by atoms with van der Waals surface area (Å²) in [4.78, 5) is 23.8. The summed E-state index contributed by atoms with van der Waals surface area (Å²) in [6.45, 7) is 5.83. The van der Waals surface area contributed by atoms with Gasteiger partial charge in [0, 0.05) is 22.9 Å². The summed E-state index contributed by atoms with van der Waals surface area (Å²) >= 11 is 3.33. The van der Waals surface area contributed by atoms with Crippen LogP contribution < -0.4 is 0 Å². The number of carbonyl (C=O) groups excluding carboxylic acids is 2. The van der Waals surface area contributed by atoms with Gasteiger partial charge >= 0.3 is 5.97 Å². The van der Waals surface area contributed by atoms with Gasteiger partial charge in [0.15, 0.2) is 5.78 Å². The number of hydrogen-bond acceptors (Lipinski definition) is 3. The number of benzene rings is 1. The Morgan fingerprint density at radius 2 is 2.14 bits per heavy atom. The zero-order chi connectivity index (χ0) is 15.4. The smallest absolute Gasteiger partial charge is 0.344 e. The molecule has 4 heteroatoms. The van der Waals surface area contributed by atoms with Crippen molar-refractivity contribution in [2.45, 2.75) is 26.2 Å². The van der Waals surface area contributed by atoms with E-state index in [2.05, 4.69) is 22.5 Å². The third-order valence-electron chi connectivity index (χ3n) is 3.34. The van der Waals surface area contributed by atoms with Gasteiger partial charge in [-0.05, 0) is 47.8 Å². The van der Waals surface area contributed by atoms with Crippen molar-refractivity contribution in [2.75, 3.05) is 0 Å². The van der Waals surface area contributed by atoms with Crippen molar-refractivity contribution in [1.82, 2.24) is 0 Å². The molecule has 1 atom stereocenters. The number of hydrogen-bond donors (Lipinski definition) is 0. The molecule has 110 valence electrons. The van der Waals surface area contributed by atoms with E-state index in [1.54, 1.807) is 18.2 Å². The number of ether oxygens (including phenoxy) is 1. The fourth-order valence-corrected chi connectivity index (χ4v) is 2.78. The Morgan fingerprint density at radius 1 is 1.43 bits per heavy atom. The van der Waals surface area contributed by atoms with Gasteiger partial charge in [0.2, 0.25) is 0 Å². The Labute approximate surface area is 132 Å². The monoisotopic (exact) mass is 348 g/mol. The van der Waals surface area contributed by atoms with Gasteiger partial charge in [0.05, 0.1) is 5.56 Å². The molecule has 1 aliphatic rings. The highest BCUT2D eigenvalue weighted by Gasteiger charge is 2.25. The lowest BCUT2D eigenvalue weighted by Crippen LogP contribution is -2.19. The van der Waals surface area contributed by atoms with E-state index < -0.39 is 5.97 Å². The largest absolute Gasteiger partial charge is 0.427 e. The summed E-state index contributed by atoms with van der Waals surface area (Å²) in [7, 11) is 0. The zero-order valence-corrected chi connectivity index (χ0v) is 13.5. The van der Waals surface area contributed by atoms with E-state index in [9.17, 15) is 9.59 Å². The van der Waals surface area contributed by atoms with Crippen LogP contribution in [0, 0.1) is 5.92 Å². The number of allylic oxidation sites excluding steroid dienone is 3. The van der Waals surface area contributed by atoms with Gasteiger partial charge in [-0.3, -0.25) is 4.79 Å². The van der Waals surface area contributed by atoms with E-state index in [4.69, 9.17) is 4.74 Å². The van der Waals surface area contributed by atoms with Crippen LogP contribution in [-0.2, 0) is 9.53 Å². The summed E-state index contributed by atoms with van der Waals surface area (Å²) < 4.78 is 6.15. The van der Waals surface area contributed by atoms with Crippen LogP contribution in [0.2, 0.25) is 0 Å². The van der Waals surface area contributed by atoms with Crippen LogP contribution in [0.15, 0.2) is 52.7 Å². The van der Waals surface area contributed by atoms with E-state index in [-0.39, 0.29) is 11.7 Å². The molecule has 0 bridgehead atoms. The van der Waals surface area contributed by atoms with Crippen LogP contribution in [0.5, 0.6) is 0 Å². The van der Waals surface area contributed by atoms with Crippen molar-refractivity contribution in [3.8, 4) is 0 Å². The maximum Gasteiger partial charge on any atom is 0.344 e. The molecule has 2 rings (SSSR count). The first kappa shape index (κ1) is 15.7. The van der Waals surface area contributed by atoms with Crippen molar-refractivity contribution >= 4 is 27.7 Å². The van der Waals surface area contributed by atoms with Crippen LogP contribution in [-0.4, -0.2) is 11.8 Å². The minimum atomic E-state index is -0.449. The number of esters is 1. The number of halogens is 1. The summed E-state index contributed by atoms with van der Waals surface area (Å²) in [5.74, 6) is 0.0553. The Bertz CT molecular complexity index is 616. The molecule has 0 radical (unpaired) electrons. The van der Waals surface area contributed by atoms with E-state index in [0.717, 1.165) is 12.0 Å². The average Bonchev–Trinajstić information content (AvgIpc) is 2.42. The first-order valence-corrected chi connectivity index (χ1v) is 7.62. The van der Waals surface area contributed by atoms with Crippen LogP contribution >= 0.6 is 15.9 Å². The molecule has 0 saturated carbocycles. The van der Waals surface area contributed by atoms with Crippen LogP contribution in [0.1, 0.15) is 36.5 Å². The van der Waals surface area contributed by atoms with Crippen molar-refractivity contribution in [3.05, 3.63) is 58.3 Å². The minimum absolute atomic E-state index is 0.00268. The minimum Gasteiger partial charge on any atom is -0.427 e. The molecular formula is C17H17BrO3. The van der Waals surface area contributed by atoms with Gasteiger partial charge in [-0.15, -0.1) is 6.58 Å². The summed E-state index contributed by atoms with van der Waals surface area (Å²) in [5.41, 5.74) is 1.46. The summed E-state index contributed by atoms with van der Waals surface area (Å²) in [6, 6.07) is 7.06. The molecule has 1 aromatic carbocycles. The molecule has 21 heavy (non-hydrogen) atoms. The van der Waals surface area contributed by atoms with E-state index in [0.29, 0.717) is 28.6 Å². The second-order valence-corrected chi connectivity index (χ2v) is 6.13. The van der Waals surface area contributed by atoms with E-state index in [1.807, 2.05) is 13.0 Å². The molecule has 0 saturated heterocycles. The maximum atomic E-state index is 12.2. The molecule has 0 heterocycles. The molecule has 0 aromatic heterocycles. The van der Waals surface area contributed by atoms with Gasteiger partial charge in [-0.2, -0.15) is 0 Å².